The number of hydrogen-bond acceptors (Lipinski definition) is 5. The third-order valence-corrected chi connectivity index (χ3v) is 3.55. The van der Waals surface area contributed by atoms with Gasteiger partial charge in [0.15, 0.2) is 5.16 Å². The summed E-state index contributed by atoms with van der Waals surface area (Å²) < 4.78 is 19.6. The van der Waals surface area contributed by atoms with E-state index in [2.05, 4.69) is 4.98 Å². The van der Waals surface area contributed by atoms with Crippen LogP contribution < -0.4 is 0 Å². The van der Waals surface area contributed by atoms with E-state index < -0.39 is 17.8 Å². The first kappa shape index (κ1) is 15.3. The zero-order chi connectivity index (χ0) is 15.4. The number of rotatable bonds is 6. The second kappa shape index (κ2) is 6.57. The minimum atomic E-state index is -0.999. The fourth-order valence-electron chi connectivity index (χ4n) is 1.81. The normalized spacial score (nSPS) is 10.8. The fraction of sp³-hybridized carbons (Fsp3) is 0.308. The quantitative estimate of drug-likeness (QED) is 0.648. The molecule has 0 bridgehead atoms. The Morgan fingerprint density at radius 2 is 2.24 bits per heavy atom. The second-order valence-electron chi connectivity index (χ2n) is 4.10. The van der Waals surface area contributed by atoms with Crippen molar-refractivity contribution in [1.29, 1.82) is 0 Å². The van der Waals surface area contributed by atoms with Gasteiger partial charge in [-0.25, -0.2) is 9.37 Å². The minimum absolute atomic E-state index is 0.0993. The van der Waals surface area contributed by atoms with Crippen LogP contribution in [0.25, 0.3) is 11.0 Å². The number of carboxylic acid groups (broad SMARTS) is 1. The highest BCUT2D eigenvalue weighted by molar-refractivity contribution is 7.99. The molecule has 8 heteroatoms. The maximum absolute atomic E-state index is 13.2. The summed E-state index contributed by atoms with van der Waals surface area (Å²) >= 11 is 0.969. The van der Waals surface area contributed by atoms with Gasteiger partial charge in [0, 0.05) is 6.07 Å². The Kier molecular flexibility index (Phi) is 4.79. The van der Waals surface area contributed by atoms with E-state index in [1.54, 1.807) is 6.92 Å². The Morgan fingerprint density at radius 3 is 2.90 bits per heavy atom. The van der Waals surface area contributed by atoms with Crippen LogP contribution in [-0.4, -0.2) is 39.0 Å². The zero-order valence-electron chi connectivity index (χ0n) is 11.2. The van der Waals surface area contributed by atoms with Crippen LogP contribution in [0.15, 0.2) is 23.4 Å². The molecule has 0 radical (unpaired) electrons. The van der Waals surface area contributed by atoms with Crippen LogP contribution in [0.3, 0.4) is 0 Å². The van der Waals surface area contributed by atoms with Crippen molar-refractivity contribution in [2.24, 2.45) is 0 Å². The number of ether oxygens (including phenoxy) is 1. The van der Waals surface area contributed by atoms with Crippen molar-refractivity contribution < 1.29 is 23.8 Å². The zero-order valence-corrected chi connectivity index (χ0v) is 12.0. The standard InChI is InChI=1S/C13H13FN2O4S/c1-2-20-12(19)6-16-10-4-3-8(14)5-9(10)15-13(16)21-7-11(17)18/h3-5H,2,6-7H2,1H3,(H,17,18). The molecule has 0 aliphatic carbocycles. The average molecular weight is 312 g/mol. The Balaban J connectivity index is 2.39. The van der Waals surface area contributed by atoms with E-state index in [9.17, 15) is 14.0 Å². The minimum Gasteiger partial charge on any atom is -0.481 e. The van der Waals surface area contributed by atoms with Gasteiger partial charge in [0.2, 0.25) is 0 Å². The molecule has 0 aliphatic heterocycles. The molecule has 0 unspecified atom stereocenters. The van der Waals surface area contributed by atoms with Crippen LogP contribution >= 0.6 is 11.8 Å². The van der Waals surface area contributed by atoms with Gasteiger partial charge in [-0.2, -0.15) is 0 Å². The summed E-state index contributed by atoms with van der Waals surface area (Å²) in [6.07, 6.45) is 0. The first-order chi connectivity index (χ1) is 10.0. The van der Waals surface area contributed by atoms with Gasteiger partial charge in [0.1, 0.15) is 12.4 Å². The largest absolute Gasteiger partial charge is 0.481 e. The van der Waals surface area contributed by atoms with E-state index in [1.165, 1.54) is 22.8 Å². The molecule has 6 nitrogen and oxygen atoms in total. The fourth-order valence-corrected chi connectivity index (χ4v) is 2.54. The van der Waals surface area contributed by atoms with Crippen LogP contribution in [-0.2, 0) is 20.9 Å². The lowest BCUT2D eigenvalue weighted by atomic mass is 10.3. The first-order valence-corrected chi connectivity index (χ1v) is 7.15. The summed E-state index contributed by atoms with van der Waals surface area (Å²) in [6.45, 7) is 1.84. The molecule has 2 rings (SSSR count). The molecule has 0 fully saturated rings. The summed E-state index contributed by atoms with van der Waals surface area (Å²) in [4.78, 5) is 26.5. The van der Waals surface area contributed by atoms with Crippen molar-refractivity contribution in [3.05, 3.63) is 24.0 Å². The van der Waals surface area contributed by atoms with Gasteiger partial charge in [-0.3, -0.25) is 9.59 Å². The van der Waals surface area contributed by atoms with Gasteiger partial charge in [-0.1, -0.05) is 11.8 Å². The molecule has 21 heavy (non-hydrogen) atoms. The Labute approximate surface area is 123 Å². The third-order valence-electron chi connectivity index (χ3n) is 2.59. The topological polar surface area (TPSA) is 81.4 Å². The van der Waals surface area contributed by atoms with E-state index in [1.807, 2.05) is 0 Å². The lowest BCUT2D eigenvalue weighted by Gasteiger charge is -2.07. The summed E-state index contributed by atoms with van der Waals surface area (Å²) in [5.41, 5.74) is 0.921. The lowest BCUT2D eigenvalue weighted by Crippen LogP contribution is -2.14. The van der Waals surface area contributed by atoms with Gasteiger partial charge in [-0.15, -0.1) is 0 Å². The molecule has 0 saturated carbocycles. The van der Waals surface area contributed by atoms with Crippen molar-refractivity contribution in [3.8, 4) is 0 Å². The van der Waals surface area contributed by atoms with Crippen LogP contribution in [0.5, 0.6) is 0 Å². The number of imidazole rings is 1. The molecule has 112 valence electrons. The summed E-state index contributed by atoms with van der Waals surface area (Å²) in [5, 5.41) is 9.08. The maximum Gasteiger partial charge on any atom is 0.326 e. The Hall–Kier alpha value is -2.09. The number of halogens is 1. The van der Waals surface area contributed by atoms with Crippen LogP contribution in [0.1, 0.15) is 6.92 Å². The molecule has 0 aliphatic rings. The predicted octanol–water partition coefficient (Wildman–Crippen LogP) is 1.92. The molecular formula is C13H13FN2O4S. The van der Waals surface area contributed by atoms with E-state index in [0.29, 0.717) is 16.2 Å². The average Bonchev–Trinajstić information content (AvgIpc) is 2.74. The third kappa shape index (κ3) is 3.72. The number of aromatic nitrogens is 2. The van der Waals surface area contributed by atoms with Gasteiger partial charge in [0.05, 0.1) is 23.4 Å². The lowest BCUT2D eigenvalue weighted by molar-refractivity contribution is -0.143. The smallest absolute Gasteiger partial charge is 0.326 e. The Morgan fingerprint density at radius 1 is 1.48 bits per heavy atom. The number of benzene rings is 1. The number of hydrogen-bond donors (Lipinski definition) is 1. The molecule has 0 amide bonds. The second-order valence-corrected chi connectivity index (χ2v) is 5.04. The first-order valence-electron chi connectivity index (χ1n) is 6.17. The van der Waals surface area contributed by atoms with E-state index in [-0.39, 0.29) is 18.9 Å². The van der Waals surface area contributed by atoms with Gasteiger partial charge in [0.25, 0.3) is 0 Å². The number of nitrogens with zero attached hydrogens (tertiary/aromatic N) is 2. The number of carbonyl (C=O) groups is 2. The summed E-state index contributed by atoms with van der Waals surface area (Å²) in [6, 6.07) is 4.00. The SMILES string of the molecule is CCOC(=O)Cn1c(SCC(=O)O)nc2cc(F)ccc21. The molecule has 1 aromatic carbocycles. The molecule has 0 atom stereocenters. The highest BCUT2D eigenvalue weighted by Gasteiger charge is 2.16. The van der Waals surface area contributed by atoms with Crippen molar-refractivity contribution in [1.82, 2.24) is 9.55 Å². The number of aliphatic carboxylic acids is 1. The molecule has 1 N–H and O–H groups in total. The number of thioether (sulfide) groups is 1. The van der Waals surface area contributed by atoms with Crippen LogP contribution in [0, 0.1) is 5.82 Å². The predicted molar refractivity (Wildman–Crippen MR) is 74.7 cm³/mol. The van der Waals surface area contributed by atoms with Gasteiger partial charge < -0.3 is 14.4 Å². The molecule has 1 aromatic heterocycles. The van der Waals surface area contributed by atoms with Crippen LogP contribution in [0.2, 0.25) is 0 Å². The monoisotopic (exact) mass is 312 g/mol. The molecule has 1 heterocycles. The number of esters is 1. The van der Waals surface area contributed by atoms with E-state index in [4.69, 9.17) is 9.84 Å². The van der Waals surface area contributed by atoms with Crippen molar-refractivity contribution in [2.75, 3.05) is 12.4 Å². The van der Waals surface area contributed by atoms with E-state index in [0.717, 1.165) is 11.8 Å². The van der Waals surface area contributed by atoms with Crippen molar-refractivity contribution in [3.63, 3.8) is 0 Å². The summed E-state index contributed by atoms with van der Waals surface area (Å²) in [5.74, 6) is -2.11. The van der Waals surface area contributed by atoms with Crippen molar-refractivity contribution >= 4 is 34.7 Å². The van der Waals surface area contributed by atoms with Crippen molar-refractivity contribution in [2.45, 2.75) is 18.6 Å². The molecule has 0 spiro atoms. The molecule has 0 saturated heterocycles. The van der Waals surface area contributed by atoms with E-state index >= 15 is 0 Å². The highest BCUT2D eigenvalue weighted by Crippen LogP contribution is 2.24. The maximum atomic E-state index is 13.2. The number of carbonyl (C=O) groups excluding carboxylic acids is 1. The highest BCUT2D eigenvalue weighted by atomic mass is 32.2. The number of carboxylic acids is 1. The van der Waals surface area contributed by atoms with Gasteiger partial charge in [-0.05, 0) is 19.1 Å². The molecule has 2 aromatic rings. The Bertz CT molecular complexity index is 686. The van der Waals surface area contributed by atoms with Crippen LogP contribution in [0.4, 0.5) is 4.39 Å². The van der Waals surface area contributed by atoms with Gasteiger partial charge >= 0.3 is 11.9 Å². The number of fused-ring (bicyclic) bond motifs is 1. The summed E-state index contributed by atoms with van der Waals surface area (Å²) in [7, 11) is 0. The molecular weight excluding hydrogens is 299 g/mol.